The van der Waals surface area contributed by atoms with Crippen LogP contribution < -0.4 is 5.32 Å². The molecule has 0 bridgehead atoms. The van der Waals surface area contributed by atoms with Gasteiger partial charge in [-0.2, -0.15) is 4.98 Å². The smallest absolute Gasteiger partial charge is 0.243 e. The molecule has 6 nitrogen and oxygen atoms in total. The molecule has 3 atom stereocenters. The van der Waals surface area contributed by atoms with E-state index < -0.39 is 0 Å². The third kappa shape index (κ3) is 2.96. The van der Waals surface area contributed by atoms with E-state index in [1.807, 2.05) is 0 Å². The highest BCUT2D eigenvalue weighted by atomic mass is 16.5. The van der Waals surface area contributed by atoms with Gasteiger partial charge in [0.1, 0.15) is 6.10 Å². The summed E-state index contributed by atoms with van der Waals surface area (Å²) in [7, 11) is 2.08. The van der Waals surface area contributed by atoms with Gasteiger partial charge in [0.25, 0.3) is 0 Å². The lowest BCUT2D eigenvalue weighted by molar-refractivity contribution is -0.0264. The summed E-state index contributed by atoms with van der Waals surface area (Å²) in [5, 5.41) is 7.54. The molecule has 19 heavy (non-hydrogen) atoms. The molecule has 0 amide bonds. The lowest BCUT2D eigenvalue weighted by Crippen LogP contribution is -2.35. The van der Waals surface area contributed by atoms with Crippen LogP contribution in [0.3, 0.4) is 0 Å². The zero-order valence-corrected chi connectivity index (χ0v) is 11.6. The topological polar surface area (TPSA) is 63.4 Å². The van der Waals surface area contributed by atoms with Gasteiger partial charge in [0.2, 0.25) is 11.7 Å². The summed E-state index contributed by atoms with van der Waals surface area (Å²) < 4.78 is 11.1. The van der Waals surface area contributed by atoms with E-state index in [2.05, 4.69) is 34.3 Å². The summed E-state index contributed by atoms with van der Waals surface area (Å²) in [4.78, 5) is 6.76. The van der Waals surface area contributed by atoms with Gasteiger partial charge in [-0.05, 0) is 32.4 Å². The predicted octanol–water partition coefficient (Wildman–Crippen LogP) is 1.13. The number of hydrogen-bond acceptors (Lipinski definition) is 6. The Morgan fingerprint density at radius 1 is 1.42 bits per heavy atom. The second-order valence-corrected chi connectivity index (χ2v) is 5.75. The van der Waals surface area contributed by atoms with Gasteiger partial charge in [0.05, 0.1) is 12.6 Å². The van der Waals surface area contributed by atoms with Gasteiger partial charge in [0.15, 0.2) is 0 Å². The zero-order chi connectivity index (χ0) is 13.2. The lowest BCUT2D eigenvalue weighted by atomic mass is 9.94. The maximum absolute atomic E-state index is 5.71. The van der Waals surface area contributed by atoms with Crippen molar-refractivity contribution in [1.82, 2.24) is 20.4 Å². The number of hydrogen-bond donors (Lipinski definition) is 1. The number of likely N-dealkylation sites (N-methyl/N-ethyl adjacent to an activating group) is 1. The van der Waals surface area contributed by atoms with E-state index >= 15 is 0 Å². The number of rotatable bonds is 2. The molecule has 1 N–H and O–H groups in total. The third-order valence-electron chi connectivity index (χ3n) is 3.98. The largest absolute Gasteiger partial charge is 0.367 e. The maximum Gasteiger partial charge on any atom is 0.243 e. The lowest BCUT2D eigenvalue weighted by Gasteiger charge is -2.28. The number of piperidine rings is 1. The molecule has 0 saturated carbocycles. The van der Waals surface area contributed by atoms with Gasteiger partial charge < -0.3 is 19.5 Å². The Bertz CT molecular complexity index is 386. The first-order valence-electron chi connectivity index (χ1n) is 7.09. The monoisotopic (exact) mass is 266 g/mol. The fourth-order valence-electron chi connectivity index (χ4n) is 2.75. The second-order valence-electron chi connectivity index (χ2n) is 5.75. The Hall–Kier alpha value is -0.980. The van der Waals surface area contributed by atoms with Gasteiger partial charge in [-0.25, -0.2) is 0 Å². The molecule has 0 aromatic carbocycles. The molecule has 2 saturated heterocycles. The minimum Gasteiger partial charge on any atom is -0.367 e. The van der Waals surface area contributed by atoms with Crippen LogP contribution >= 0.6 is 0 Å². The van der Waals surface area contributed by atoms with E-state index in [-0.39, 0.29) is 12.1 Å². The van der Waals surface area contributed by atoms with Crippen LogP contribution in [0, 0.1) is 5.92 Å². The van der Waals surface area contributed by atoms with Gasteiger partial charge in [-0.3, -0.25) is 0 Å². The summed E-state index contributed by atoms with van der Waals surface area (Å²) in [5.41, 5.74) is 0. The van der Waals surface area contributed by atoms with Crippen LogP contribution in [0.15, 0.2) is 4.52 Å². The summed E-state index contributed by atoms with van der Waals surface area (Å²) in [6.07, 6.45) is 2.22. The molecule has 3 rings (SSSR count). The summed E-state index contributed by atoms with van der Waals surface area (Å²) >= 11 is 0. The SMILES string of the molecule is CC1CCNC(c2nc(C3CN(C)CCO3)no2)C1. The van der Waals surface area contributed by atoms with Crippen LogP contribution in [-0.2, 0) is 4.74 Å². The van der Waals surface area contributed by atoms with Gasteiger partial charge >= 0.3 is 0 Å². The molecular weight excluding hydrogens is 244 g/mol. The number of aromatic nitrogens is 2. The van der Waals surface area contributed by atoms with Crippen LogP contribution in [0.2, 0.25) is 0 Å². The molecule has 1 aromatic heterocycles. The van der Waals surface area contributed by atoms with E-state index in [9.17, 15) is 0 Å². The van der Waals surface area contributed by atoms with Crippen LogP contribution in [0.25, 0.3) is 0 Å². The molecule has 106 valence electrons. The van der Waals surface area contributed by atoms with Crippen molar-refractivity contribution < 1.29 is 9.26 Å². The van der Waals surface area contributed by atoms with Gasteiger partial charge in [-0.1, -0.05) is 12.1 Å². The van der Waals surface area contributed by atoms with Crippen LogP contribution in [0.5, 0.6) is 0 Å². The average Bonchev–Trinajstić information content (AvgIpc) is 2.88. The normalized spacial score (nSPS) is 33.5. The van der Waals surface area contributed by atoms with Gasteiger partial charge in [-0.15, -0.1) is 0 Å². The van der Waals surface area contributed by atoms with Crippen molar-refractivity contribution in [3.8, 4) is 0 Å². The molecule has 6 heteroatoms. The molecule has 2 aliphatic rings. The minimum absolute atomic E-state index is 0.0581. The van der Waals surface area contributed by atoms with Gasteiger partial charge in [0, 0.05) is 13.1 Å². The summed E-state index contributed by atoms with van der Waals surface area (Å²) in [5.74, 6) is 2.10. The highest BCUT2D eigenvalue weighted by molar-refractivity contribution is 4.99. The van der Waals surface area contributed by atoms with E-state index in [1.165, 1.54) is 6.42 Å². The number of ether oxygens (including phenoxy) is 1. The molecule has 3 heterocycles. The number of nitrogens with zero attached hydrogens (tertiary/aromatic N) is 3. The number of morpholine rings is 1. The van der Waals surface area contributed by atoms with Crippen molar-refractivity contribution in [2.75, 3.05) is 33.3 Å². The molecule has 0 radical (unpaired) electrons. The third-order valence-corrected chi connectivity index (χ3v) is 3.98. The first-order valence-corrected chi connectivity index (χ1v) is 7.09. The molecular formula is C13H22N4O2. The van der Waals surface area contributed by atoms with Crippen molar-refractivity contribution in [3.05, 3.63) is 11.7 Å². The Kier molecular flexibility index (Phi) is 3.81. The first kappa shape index (κ1) is 13.0. The van der Waals surface area contributed by atoms with E-state index in [4.69, 9.17) is 9.26 Å². The molecule has 0 aliphatic carbocycles. The Morgan fingerprint density at radius 2 is 2.32 bits per heavy atom. The maximum atomic E-state index is 5.71. The van der Waals surface area contributed by atoms with Crippen LogP contribution in [0.1, 0.15) is 43.6 Å². The summed E-state index contributed by atoms with van der Waals surface area (Å²) in [6, 6.07) is 0.200. The van der Waals surface area contributed by atoms with Crippen LogP contribution in [0.4, 0.5) is 0 Å². The van der Waals surface area contributed by atoms with E-state index in [1.54, 1.807) is 0 Å². The minimum atomic E-state index is -0.0581. The Morgan fingerprint density at radius 3 is 3.11 bits per heavy atom. The molecule has 0 spiro atoms. The Balaban J connectivity index is 1.68. The van der Waals surface area contributed by atoms with Crippen molar-refractivity contribution in [3.63, 3.8) is 0 Å². The van der Waals surface area contributed by atoms with Crippen molar-refractivity contribution in [2.45, 2.75) is 31.9 Å². The summed E-state index contributed by atoms with van der Waals surface area (Å²) in [6.45, 7) is 5.80. The first-order chi connectivity index (χ1) is 9.22. The fourth-order valence-corrected chi connectivity index (χ4v) is 2.75. The highest BCUT2D eigenvalue weighted by Crippen LogP contribution is 2.27. The van der Waals surface area contributed by atoms with Crippen molar-refractivity contribution in [1.29, 1.82) is 0 Å². The number of nitrogens with one attached hydrogen (secondary N) is 1. The highest BCUT2D eigenvalue weighted by Gasteiger charge is 2.28. The molecule has 3 unspecified atom stereocenters. The van der Waals surface area contributed by atoms with Crippen molar-refractivity contribution >= 4 is 0 Å². The zero-order valence-electron chi connectivity index (χ0n) is 11.6. The fraction of sp³-hybridized carbons (Fsp3) is 0.846. The average molecular weight is 266 g/mol. The molecule has 2 fully saturated rings. The Labute approximate surface area is 113 Å². The predicted molar refractivity (Wildman–Crippen MR) is 69.6 cm³/mol. The quantitative estimate of drug-likeness (QED) is 0.866. The molecule has 1 aromatic rings. The van der Waals surface area contributed by atoms with E-state index in [0.29, 0.717) is 17.6 Å². The molecule has 2 aliphatic heterocycles. The van der Waals surface area contributed by atoms with E-state index in [0.717, 1.165) is 32.7 Å². The van der Waals surface area contributed by atoms with Crippen molar-refractivity contribution in [2.24, 2.45) is 5.92 Å². The van der Waals surface area contributed by atoms with Crippen LogP contribution in [-0.4, -0.2) is 48.3 Å². The standard InChI is InChI=1S/C13H22N4O2/c1-9-3-4-14-10(7-9)13-15-12(16-19-13)11-8-17(2)5-6-18-11/h9-11,14H,3-8H2,1-2H3. The second kappa shape index (κ2) is 5.56.